The third kappa shape index (κ3) is 1.85. The summed E-state index contributed by atoms with van der Waals surface area (Å²) < 4.78 is 0. The molecule has 22 heavy (non-hydrogen) atoms. The van der Waals surface area contributed by atoms with Gasteiger partial charge in [0, 0.05) is 0 Å². The lowest BCUT2D eigenvalue weighted by Crippen LogP contribution is -2.28. The fraction of sp³-hybridized carbons (Fsp3) is 0. The molecule has 2 N–H and O–H groups in total. The molecule has 0 radical (unpaired) electrons. The summed E-state index contributed by atoms with van der Waals surface area (Å²) in [6, 6.07) is 4.93. The van der Waals surface area contributed by atoms with Crippen LogP contribution in [0.1, 0.15) is 0 Å². The van der Waals surface area contributed by atoms with Crippen LogP contribution < -0.4 is 20.4 Å². The van der Waals surface area contributed by atoms with Crippen LogP contribution in [-0.4, -0.2) is 23.9 Å². The first-order valence-corrected chi connectivity index (χ1v) is 6.19. The number of hydrogen-bond donors (Lipinski definition) is 2. The topological polar surface area (TPSA) is 98.8 Å². The maximum Gasteiger partial charge on any atom is 0.333 e. The van der Waals surface area contributed by atoms with Gasteiger partial charge in [0.05, 0.1) is 11.4 Å². The van der Waals surface area contributed by atoms with Crippen molar-refractivity contribution in [2.75, 3.05) is 9.80 Å². The van der Waals surface area contributed by atoms with Gasteiger partial charge in [-0.15, -0.1) is 0 Å². The molecule has 2 heterocycles. The summed E-state index contributed by atoms with van der Waals surface area (Å²) in [5.74, 6) is -1.13. The highest BCUT2D eigenvalue weighted by molar-refractivity contribution is 6.22. The molecule has 8 heteroatoms. The van der Waals surface area contributed by atoms with Crippen molar-refractivity contribution < 1.29 is 19.2 Å². The van der Waals surface area contributed by atoms with Crippen LogP contribution in [-0.2, 0) is 9.59 Å². The van der Waals surface area contributed by atoms with Crippen molar-refractivity contribution in [2.24, 2.45) is 0 Å². The molecular weight excluding hydrogens is 288 g/mol. The number of carbonyl (C=O) groups excluding carboxylic acids is 4. The number of carbonyl (C=O) groups is 4. The summed E-state index contributed by atoms with van der Waals surface area (Å²) in [5.41, 5.74) is 0.842. The molecule has 2 saturated heterocycles. The van der Waals surface area contributed by atoms with Gasteiger partial charge in [0.2, 0.25) is 0 Å². The second kappa shape index (κ2) is 4.55. The predicted octanol–water partition coefficient (Wildman–Crippen LogP) is 0.826. The molecular formula is C14H10N4O4. The van der Waals surface area contributed by atoms with Crippen molar-refractivity contribution in [2.45, 2.75) is 0 Å². The first-order chi connectivity index (χ1) is 10.4. The van der Waals surface area contributed by atoms with Crippen molar-refractivity contribution in [3.8, 4) is 0 Å². The van der Waals surface area contributed by atoms with Gasteiger partial charge in [0.15, 0.2) is 0 Å². The van der Waals surface area contributed by atoms with Gasteiger partial charge in [-0.05, 0) is 24.3 Å². The molecule has 0 aromatic heterocycles. The average Bonchev–Trinajstić information content (AvgIpc) is 2.87. The molecule has 8 nitrogen and oxygen atoms in total. The Morgan fingerprint density at radius 2 is 1.00 bits per heavy atom. The molecule has 0 aliphatic carbocycles. The van der Waals surface area contributed by atoms with Gasteiger partial charge in [-0.1, -0.05) is 13.2 Å². The Bertz CT molecular complexity index is 701. The minimum absolute atomic E-state index is 0.0104. The van der Waals surface area contributed by atoms with E-state index >= 15 is 0 Å². The van der Waals surface area contributed by atoms with Gasteiger partial charge in [-0.25, -0.2) is 9.59 Å². The largest absolute Gasteiger partial charge is 0.333 e. The van der Waals surface area contributed by atoms with Gasteiger partial charge in [0.25, 0.3) is 11.8 Å². The van der Waals surface area contributed by atoms with E-state index in [0.29, 0.717) is 11.4 Å². The van der Waals surface area contributed by atoms with Crippen molar-refractivity contribution in [3.63, 3.8) is 0 Å². The van der Waals surface area contributed by atoms with Gasteiger partial charge >= 0.3 is 12.1 Å². The second-order valence-corrected chi connectivity index (χ2v) is 4.60. The minimum atomic E-state index is -0.596. The molecule has 2 aliphatic rings. The monoisotopic (exact) mass is 298 g/mol. The molecule has 0 bridgehead atoms. The summed E-state index contributed by atoms with van der Waals surface area (Å²) in [6.45, 7) is 7.07. The van der Waals surface area contributed by atoms with Crippen molar-refractivity contribution in [3.05, 3.63) is 48.8 Å². The van der Waals surface area contributed by atoms with E-state index in [9.17, 15) is 19.2 Å². The van der Waals surface area contributed by atoms with Gasteiger partial charge in [0.1, 0.15) is 11.4 Å². The molecule has 6 amide bonds. The lowest BCUT2D eigenvalue weighted by Gasteiger charge is -2.18. The number of nitrogens with zero attached hydrogens (tertiary/aromatic N) is 2. The Morgan fingerprint density at radius 1 is 0.682 bits per heavy atom. The van der Waals surface area contributed by atoms with E-state index in [4.69, 9.17) is 0 Å². The molecule has 1 aromatic carbocycles. The number of hydrogen-bond acceptors (Lipinski definition) is 4. The molecule has 0 unspecified atom stereocenters. The van der Waals surface area contributed by atoms with Crippen LogP contribution in [0, 0.1) is 0 Å². The number of nitrogens with one attached hydrogen (secondary N) is 2. The number of urea groups is 2. The summed E-state index contributed by atoms with van der Waals surface area (Å²) in [4.78, 5) is 48.4. The van der Waals surface area contributed by atoms with Crippen LogP contribution in [0.2, 0.25) is 0 Å². The predicted molar refractivity (Wildman–Crippen MR) is 76.8 cm³/mol. The third-order valence-corrected chi connectivity index (χ3v) is 3.28. The Kier molecular flexibility index (Phi) is 2.81. The summed E-state index contributed by atoms with van der Waals surface area (Å²) >= 11 is 0. The molecule has 3 rings (SSSR count). The molecule has 0 saturated carbocycles. The normalized spacial score (nSPS) is 18.2. The number of anilines is 2. The van der Waals surface area contributed by atoms with Gasteiger partial charge < -0.3 is 0 Å². The fourth-order valence-corrected chi connectivity index (χ4v) is 2.20. The Labute approximate surface area is 124 Å². The zero-order valence-electron chi connectivity index (χ0n) is 11.3. The lowest BCUT2D eigenvalue weighted by molar-refractivity contribution is -0.116. The average molecular weight is 298 g/mol. The Hall–Kier alpha value is -3.42. The Balaban J connectivity index is 1.91. The molecule has 0 spiro atoms. The quantitative estimate of drug-likeness (QED) is 0.624. The number of imide groups is 2. The SMILES string of the molecule is C=C1C(=O)NC(=O)N1c1ccc(N2C(=C)C(=O)NC2=O)cc1. The first-order valence-electron chi connectivity index (χ1n) is 6.19. The third-order valence-electron chi connectivity index (χ3n) is 3.28. The van der Waals surface area contributed by atoms with Gasteiger partial charge in [-0.2, -0.15) is 0 Å². The van der Waals surface area contributed by atoms with Crippen LogP contribution >= 0.6 is 0 Å². The highest BCUT2D eigenvalue weighted by Crippen LogP contribution is 2.28. The maximum atomic E-state index is 11.7. The molecule has 2 fully saturated rings. The van der Waals surface area contributed by atoms with E-state index in [1.165, 1.54) is 24.3 Å². The molecule has 2 aliphatic heterocycles. The van der Waals surface area contributed by atoms with E-state index < -0.39 is 23.9 Å². The van der Waals surface area contributed by atoms with Crippen molar-refractivity contribution in [1.29, 1.82) is 0 Å². The number of amides is 6. The molecule has 0 atom stereocenters. The van der Waals surface area contributed by atoms with Crippen LogP contribution in [0.4, 0.5) is 21.0 Å². The zero-order valence-corrected chi connectivity index (χ0v) is 11.3. The Morgan fingerprint density at radius 3 is 1.23 bits per heavy atom. The number of rotatable bonds is 2. The minimum Gasteiger partial charge on any atom is -0.272 e. The van der Waals surface area contributed by atoms with Crippen LogP contribution in [0.25, 0.3) is 0 Å². The summed E-state index contributed by atoms with van der Waals surface area (Å²) in [5, 5.41) is 4.24. The smallest absolute Gasteiger partial charge is 0.272 e. The lowest BCUT2D eigenvalue weighted by atomic mass is 10.2. The zero-order chi connectivity index (χ0) is 16.0. The van der Waals surface area contributed by atoms with E-state index in [-0.39, 0.29) is 11.4 Å². The summed E-state index contributed by atoms with van der Waals surface area (Å²) in [7, 11) is 0. The maximum absolute atomic E-state index is 11.7. The molecule has 110 valence electrons. The van der Waals surface area contributed by atoms with Gasteiger partial charge in [-0.3, -0.25) is 30.0 Å². The molecule has 1 aromatic rings. The first kappa shape index (κ1) is 13.6. The fourth-order valence-electron chi connectivity index (χ4n) is 2.20. The van der Waals surface area contributed by atoms with E-state index in [1.807, 2.05) is 0 Å². The van der Waals surface area contributed by atoms with Crippen molar-refractivity contribution >= 4 is 35.3 Å². The standard InChI is InChI=1S/C14H10N4O4/c1-7-11(19)15-13(21)17(7)9-3-5-10(6-4-9)18-8(2)12(20)16-14(18)22/h3-6H,1-2H2,(H,15,19,21)(H,16,20,22). The second-order valence-electron chi connectivity index (χ2n) is 4.60. The van der Waals surface area contributed by atoms with E-state index in [1.54, 1.807) is 0 Å². The number of benzene rings is 1. The van der Waals surface area contributed by atoms with Crippen molar-refractivity contribution in [1.82, 2.24) is 10.6 Å². The van der Waals surface area contributed by atoms with Crippen LogP contribution in [0.5, 0.6) is 0 Å². The highest BCUT2D eigenvalue weighted by atomic mass is 16.2. The van der Waals surface area contributed by atoms with Crippen LogP contribution in [0.15, 0.2) is 48.8 Å². The van der Waals surface area contributed by atoms with E-state index in [2.05, 4.69) is 23.8 Å². The summed E-state index contributed by atoms with van der Waals surface area (Å²) in [6.07, 6.45) is 0. The van der Waals surface area contributed by atoms with E-state index in [0.717, 1.165) is 9.80 Å². The highest BCUT2D eigenvalue weighted by Gasteiger charge is 2.34. The van der Waals surface area contributed by atoms with Crippen LogP contribution in [0.3, 0.4) is 0 Å².